The van der Waals surface area contributed by atoms with Crippen LogP contribution in [0.15, 0.2) is 53.3 Å². The molecule has 0 unspecified atom stereocenters. The third kappa shape index (κ3) is 3.69. The Balaban J connectivity index is 1.73. The van der Waals surface area contributed by atoms with Crippen molar-refractivity contribution in [1.29, 1.82) is 0 Å². The summed E-state index contributed by atoms with van der Waals surface area (Å²) in [7, 11) is 0. The lowest BCUT2D eigenvalue weighted by molar-refractivity contribution is -0.145. The number of Topliss-reactive ketones (excluding diaryl/α,β-unsaturated/α-hetero) is 1. The maximum Gasteiger partial charge on any atom is 0.312 e. The van der Waals surface area contributed by atoms with Gasteiger partial charge in [-0.15, -0.1) is 0 Å². The van der Waals surface area contributed by atoms with Crippen LogP contribution in [0.5, 0.6) is 0 Å². The van der Waals surface area contributed by atoms with Crippen LogP contribution in [0.25, 0.3) is 10.8 Å². The van der Waals surface area contributed by atoms with Gasteiger partial charge in [0.15, 0.2) is 6.10 Å². The zero-order valence-electron chi connectivity index (χ0n) is 14.5. The molecule has 0 saturated carbocycles. The van der Waals surface area contributed by atoms with Crippen LogP contribution in [0.2, 0.25) is 0 Å². The summed E-state index contributed by atoms with van der Waals surface area (Å²) in [5.41, 5.74) is 1.62. The van der Waals surface area contributed by atoms with Crippen molar-refractivity contribution in [3.63, 3.8) is 0 Å². The molecule has 1 aromatic heterocycles. The first-order chi connectivity index (χ1) is 12.5. The molecular formula is C20H18N2O4. The van der Waals surface area contributed by atoms with Crippen molar-refractivity contribution in [2.45, 2.75) is 26.4 Å². The number of carbonyl (C=O) groups excluding carboxylic acids is 2. The third-order valence-electron chi connectivity index (χ3n) is 4.10. The molecule has 6 heteroatoms. The van der Waals surface area contributed by atoms with Crippen LogP contribution in [0, 0.1) is 6.92 Å². The van der Waals surface area contributed by atoms with Crippen molar-refractivity contribution in [3.05, 3.63) is 75.7 Å². The fourth-order valence-electron chi connectivity index (χ4n) is 2.69. The Kier molecular flexibility index (Phi) is 4.93. The largest absolute Gasteiger partial charge is 0.454 e. The Hall–Kier alpha value is -3.28. The van der Waals surface area contributed by atoms with Crippen LogP contribution in [-0.2, 0) is 16.0 Å². The Morgan fingerprint density at radius 1 is 1.08 bits per heavy atom. The summed E-state index contributed by atoms with van der Waals surface area (Å²) in [6.07, 6.45) is -1.04. The van der Waals surface area contributed by atoms with E-state index in [4.69, 9.17) is 4.74 Å². The zero-order valence-corrected chi connectivity index (χ0v) is 14.5. The van der Waals surface area contributed by atoms with Crippen LogP contribution in [0.4, 0.5) is 0 Å². The van der Waals surface area contributed by atoms with E-state index in [9.17, 15) is 14.4 Å². The van der Waals surface area contributed by atoms with Gasteiger partial charge in [0, 0.05) is 10.9 Å². The standard InChI is InChI=1S/C20H18N2O4/c1-12-7-9-14(10-8-12)19(24)13(2)26-18(23)11-17-15-5-3-4-6-16(15)20(25)22-21-17/h3-10,13H,11H2,1-2H3,(H,22,25)/t13-/m1/s1. The van der Waals surface area contributed by atoms with Crippen LogP contribution < -0.4 is 5.56 Å². The highest BCUT2D eigenvalue weighted by Gasteiger charge is 2.20. The van der Waals surface area contributed by atoms with Gasteiger partial charge in [-0.1, -0.05) is 48.0 Å². The molecule has 3 rings (SSSR count). The van der Waals surface area contributed by atoms with Crippen molar-refractivity contribution in [2.75, 3.05) is 0 Å². The van der Waals surface area contributed by atoms with E-state index in [1.807, 2.05) is 19.1 Å². The van der Waals surface area contributed by atoms with Crippen molar-refractivity contribution in [1.82, 2.24) is 10.2 Å². The Morgan fingerprint density at radius 2 is 1.73 bits per heavy atom. The van der Waals surface area contributed by atoms with Crippen LogP contribution in [0.3, 0.4) is 0 Å². The van der Waals surface area contributed by atoms with Crippen molar-refractivity contribution >= 4 is 22.5 Å². The van der Waals surface area contributed by atoms with E-state index in [-0.39, 0.29) is 17.8 Å². The molecular weight excluding hydrogens is 332 g/mol. The first-order valence-corrected chi connectivity index (χ1v) is 8.22. The van der Waals surface area contributed by atoms with Gasteiger partial charge in [-0.3, -0.25) is 14.4 Å². The minimum Gasteiger partial charge on any atom is -0.454 e. The van der Waals surface area contributed by atoms with Gasteiger partial charge in [-0.2, -0.15) is 5.10 Å². The lowest BCUT2D eigenvalue weighted by Crippen LogP contribution is -2.26. The molecule has 2 aromatic carbocycles. The number of hydrogen-bond donors (Lipinski definition) is 1. The van der Waals surface area contributed by atoms with Gasteiger partial charge in [-0.05, 0) is 19.9 Å². The summed E-state index contributed by atoms with van der Waals surface area (Å²) < 4.78 is 5.26. The van der Waals surface area contributed by atoms with Gasteiger partial charge in [0.1, 0.15) is 0 Å². The Bertz CT molecular complexity index is 1020. The number of benzene rings is 2. The number of rotatable bonds is 5. The lowest BCUT2D eigenvalue weighted by atomic mass is 10.1. The summed E-state index contributed by atoms with van der Waals surface area (Å²) in [6.45, 7) is 3.47. The molecule has 1 heterocycles. The topological polar surface area (TPSA) is 89.1 Å². The summed E-state index contributed by atoms with van der Waals surface area (Å²) in [4.78, 5) is 36.4. The van der Waals surface area contributed by atoms with E-state index in [1.165, 1.54) is 0 Å². The molecule has 0 spiro atoms. The van der Waals surface area contributed by atoms with Crippen molar-refractivity contribution in [2.24, 2.45) is 0 Å². The highest BCUT2D eigenvalue weighted by Crippen LogP contribution is 2.14. The van der Waals surface area contributed by atoms with Gasteiger partial charge in [0.2, 0.25) is 5.78 Å². The molecule has 0 bridgehead atoms. The van der Waals surface area contributed by atoms with E-state index in [2.05, 4.69) is 10.2 Å². The molecule has 6 nitrogen and oxygen atoms in total. The molecule has 0 aliphatic carbocycles. The predicted molar refractivity (Wildman–Crippen MR) is 97.1 cm³/mol. The molecule has 0 radical (unpaired) electrons. The predicted octanol–water partition coefficient (Wildman–Crippen LogP) is 2.59. The summed E-state index contributed by atoms with van der Waals surface area (Å²) >= 11 is 0. The quantitative estimate of drug-likeness (QED) is 0.564. The number of ether oxygens (including phenoxy) is 1. The number of esters is 1. The first-order valence-electron chi connectivity index (χ1n) is 8.22. The van der Waals surface area contributed by atoms with Crippen LogP contribution >= 0.6 is 0 Å². The number of H-pyrrole nitrogens is 1. The average Bonchev–Trinajstić information content (AvgIpc) is 2.64. The average molecular weight is 350 g/mol. The minimum absolute atomic E-state index is 0.136. The van der Waals surface area contributed by atoms with E-state index >= 15 is 0 Å². The Labute approximate surface area is 149 Å². The highest BCUT2D eigenvalue weighted by molar-refractivity contribution is 6.00. The van der Waals surface area contributed by atoms with Crippen LogP contribution in [-0.4, -0.2) is 28.1 Å². The zero-order chi connectivity index (χ0) is 18.7. The van der Waals surface area contributed by atoms with Gasteiger partial charge < -0.3 is 4.74 Å². The van der Waals surface area contributed by atoms with E-state index in [1.54, 1.807) is 43.3 Å². The van der Waals surface area contributed by atoms with Crippen molar-refractivity contribution < 1.29 is 14.3 Å². The summed E-state index contributed by atoms with van der Waals surface area (Å²) in [6, 6.07) is 14.0. The molecule has 3 aromatic rings. The SMILES string of the molecule is Cc1ccc(C(=O)[C@@H](C)OC(=O)Cc2n[nH]c(=O)c3ccccc23)cc1. The van der Waals surface area contributed by atoms with Gasteiger partial charge in [-0.25, -0.2) is 5.10 Å². The maximum absolute atomic E-state index is 12.4. The molecule has 0 fully saturated rings. The van der Waals surface area contributed by atoms with Gasteiger partial charge in [0.25, 0.3) is 5.56 Å². The minimum atomic E-state index is -0.903. The molecule has 1 atom stereocenters. The molecule has 0 saturated heterocycles. The molecule has 0 amide bonds. The molecule has 1 N–H and O–H groups in total. The van der Waals surface area contributed by atoms with Gasteiger partial charge in [0.05, 0.1) is 17.5 Å². The second-order valence-corrected chi connectivity index (χ2v) is 6.08. The molecule has 26 heavy (non-hydrogen) atoms. The maximum atomic E-state index is 12.4. The van der Waals surface area contributed by atoms with Crippen LogP contribution in [0.1, 0.15) is 28.5 Å². The summed E-state index contributed by atoms with van der Waals surface area (Å²) in [5, 5.41) is 7.36. The fourth-order valence-corrected chi connectivity index (χ4v) is 2.69. The number of fused-ring (bicyclic) bond motifs is 1. The normalized spacial score (nSPS) is 11.9. The van der Waals surface area contributed by atoms with E-state index in [0.29, 0.717) is 22.0 Å². The van der Waals surface area contributed by atoms with Gasteiger partial charge >= 0.3 is 5.97 Å². The number of hydrogen-bond acceptors (Lipinski definition) is 5. The number of nitrogens with one attached hydrogen (secondary N) is 1. The number of aromatic amines is 1. The number of aryl methyl sites for hydroxylation is 1. The number of aromatic nitrogens is 2. The van der Waals surface area contributed by atoms with E-state index in [0.717, 1.165) is 5.56 Å². The second kappa shape index (κ2) is 7.31. The second-order valence-electron chi connectivity index (χ2n) is 6.08. The highest BCUT2D eigenvalue weighted by atomic mass is 16.5. The monoisotopic (exact) mass is 350 g/mol. The Morgan fingerprint density at radius 3 is 2.42 bits per heavy atom. The number of ketones is 1. The first kappa shape index (κ1) is 17.5. The fraction of sp³-hybridized carbons (Fsp3) is 0.200. The molecule has 132 valence electrons. The van der Waals surface area contributed by atoms with Crippen molar-refractivity contribution in [3.8, 4) is 0 Å². The van der Waals surface area contributed by atoms with E-state index < -0.39 is 12.1 Å². The lowest BCUT2D eigenvalue weighted by Gasteiger charge is -2.13. The molecule has 0 aliphatic rings. The summed E-state index contributed by atoms with van der Waals surface area (Å²) in [5.74, 6) is -0.847. The third-order valence-corrected chi connectivity index (χ3v) is 4.10. The number of nitrogens with zero attached hydrogens (tertiary/aromatic N) is 1. The molecule has 0 aliphatic heterocycles. The smallest absolute Gasteiger partial charge is 0.312 e. The number of carbonyl (C=O) groups is 2.